The van der Waals surface area contributed by atoms with Gasteiger partial charge < -0.3 is 5.32 Å². The van der Waals surface area contributed by atoms with Gasteiger partial charge in [0, 0.05) is 25.0 Å². The number of hydrogen-bond donors (Lipinski definition) is 1. The van der Waals surface area contributed by atoms with E-state index >= 15 is 0 Å². The molecule has 140 valence electrons. The average Bonchev–Trinajstić information content (AvgIpc) is 3.07. The molecule has 1 unspecified atom stereocenters. The van der Waals surface area contributed by atoms with Crippen molar-refractivity contribution in [3.63, 3.8) is 0 Å². The van der Waals surface area contributed by atoms with Gasteiger partial charge in [-0.15, -0.1) is 11.3 Å². The van der Waals surface area contributed by atoms with Crippen molar-refractivity contribution in [2.24, 2.45) is 0 Å². The molecule has 6 nitrogen and oxygen atoms in total. The van der Waals surface area contributed by atoms with Crippen LogP contribution in [0.1, 0.15) is 54.4 Å². The molecular formula is C19H27N5OS. The van der Waals surface area contributed by atoms with Crippen LogP contribution in [0.3, 0.4) is 0 Å². The highest BCUT2D eigenvalue weighted by atomic mass is 32.1. The zero-order chi connectivity index (χ0) is 18.4. The van der Waals surface area contributed by atoms with E-state index in [0.29, 0.717) is 28.3 Å². The molecule has 0 aliphatic carbocycles. The molecule has 26 heavy (non-hydrogen) atoms. The van der Waals surface area contributed by atoms with E-state index < -0.39 is 0 Å². The molecular weight excluding hydrogens is 346 g/mol. The fourth-order valence-corrected chi connectivity index (χ4v) is 4.28. The fourth-order valence-electron chi connectivity index (χ4n) is 3.35. The largest absolute Gasteiger partial charge is 0.350 e. The van der Waals surface area contributed by atoms with Crippen molar-refractivity contribution in [2.45, 2.75) is 52.0 Å². The average molecular weight is 374 g/mol. The summed E-state index contributed by atoms with van der Waals surface area (Å²) >= 11 is 1.36. The maximum absolute atomic E-state index is 12.7. The third kappa shape index (κ3) is 4.65. The molecule has 1 atom stereocenters. The van der Waals surface area contributed by atoms with Gasteiger partial charge in [-0.2, -0.15) is 0 Å². The predicted molar refractivity (Wildman–Crippen MR) is 104 cm³/mol. The van der Waals surface area contributed by atoms with Crippen molar-refractivity contribution in [1.29, 1.82) is 0 Å². The lowest BCUT2D eigenvalue weighted by atomic mass is 10.0. The lowest BCUT2D eigenvalue weighted by molar-refractivity contribution is 0.0916. The Bertz CT molecular complexity index is 718. The quantitative estimate of drug-likeness (QED) is 0.806. The number of likely N-dealkylation sites (tertiary alicyclic amines) is 1. The third-order valence-electron chi connectivity index (χ3n) is 4.81. The van der Waals surface area contributed by atoms with Gasteiger partial charge in [0.05, 0.1) is 5.69 Å². The normalized spacial score (nSPS) is 18.0. The van der Waals surface area contributed by atoms with E-state index in [1.54, 1.807) is 18.5 Å². The minimum atomic E-state index is -0.0387. The van der Waals surface area contributed by atoms with Crippen molar-refractivity contribution in [3.05, 3.63) is 29.0 Å². The molecule has 3 heterocycles. The first kappa shape index (κ1) is 18.9. The Morgan fingerprint density at radius 1 is 1.35 bits per heavy atom. The van der Waals surface area contributed by atoms with E-state index in [0.717, 1.165) is 25.2 Å². The Morgan fingerprint density at radius 3 is 2.92 bits per heavy atom. The SMILES string of the molecule is CCCCN1CCCCC1CNC(=O)c1sc(-c2ncccn2)nc1C. The summed E-state index contributed by atoms with van der Waals surface area (Å²) in [7, 11) is 0. The first-order valence-corrected chi connectivity index (χ1v) is 10.3. The van der Waals surface area contributed by atoms with Crippen LogP contribution < -0.4 is 5.32 Å². The van der Waals surface area contributed by atoms with Gasteiger partial charge in [0.2, 0.25) is 0 Å². The zero-order valence-corrected chi connectivity index (χ0v) is 16.4. The number of hydrogen-bond acceptors (Lipinski definition) is 6. The molecule has 0 radical (unpaired) electrons. The van der Waals surface area contributed by atoms with Gasteiger partial charge in [0.15, 0.2) is 10.8 Å². The molecule has 0 saturated carbocycles. The van der Waals surface area contributed by atoms with E-state index in [1.807, 2.05) is 6.92 Å². The Hall–Kier alpha value is -1.86. The molecule has 1 saturated heterocycles. The summed E-state index contributed by atoms with van der Waals surface area (Å²) in [5.41, 5.74) is 0.737. The van der Waals surface area contributed by atoms with Crippen molar-refractivity contribution >= 4 is 17.2 Å². The van der Waals surface area contributed by atoms with E-state index in [1.165, 1.54) is 37.0 Å². The summed E-state index contributed by atoms with van der Waals surface area (Å²) in [6, 6.07) is 2.22. The fraction of sp³-hybridized carbons (Fsp3) is 0.579. The molecule has 2 aromatic rings. The topological polar surface area (TPSA) is 71.0 Å². The molecule has 3 rings (SSSR count). The lowest BCUT2D eigenvalue weighted by Crippen LogP contribution is -2.46. The van der Waals surface area contributed by atoms with Crippen LogP contribution in [0.4, 0.5) is 0 Å². The van der Waals surface area contributed by atoms with Crippen molar-refractivity contribution < 1.29 is 4.79 Å². The number of aryl methyl sites for hydroxylation is 1. The number of rotatable bonds is 7. The van der Waals surface area contributed by atoms with Gasteiger partial charge in [-0.3, -0.25) is 9.69 Å². The van der Waals surface area contributed by atoms with Crippen molar-refractivity contribution in [3.8, 4) is 10.8 Å². The number of aromatic nitrogens is 3. The number of piperidine rings is 1. The van der Waals surface area contributed by atoms with E-state index in [4.69, 9.17) is 0 Å². The number of carbonyl (C=O) groups is 1. The van der Waals surface area contributed by atoms with Crippen LogP contribution in [-0.2, 0) is 0 Å². The second-order valence-electron chi connectivity index (χ2n) is 6.76. The molecule has 1 amide bonds. The molecule has 7 heteroatoms. The lowest BCUT2D eigenvalue weighted by Gasteiger charge is -2.35. The number of nitrogens with zero attached hydrogens (tertiary/aromatic N) is 4. The molecule has 1 N–H and O–H groups in total. The number of carbonyl (C=O) groups excluding carboxylic acids is 1. The highest BCUT2D eigenvalue weighted by Crippen LogP contribution is 2.25. The zero-order valence-electron chi connectivity index (χ0n) is 15.6. The van der Waals surface area contributed by atoms with Crippen LogP contribution >= 0.6 is 11.3 Å². The summed E-state index contributed by atoms with van der Waals surface area (Å²) in [4.78, 5) is 28.8. The van der Waals surface area contributed by atoms with E-state index in [-0.39, 0.29) is 5.91 Å². The summed E-state index contributed by atoms with van der Waals surface area (Å²) in [6.45, 7) is 7.08. The highest BCUT2D eigenvalue weighted by Gasteiger charge is 2.23. The number of amides is 1. The van der Waals surface area contributed by atoms with Gasteiger partial charge in [-0.05, 0) is 45.3 Å². The second-order valence-corrected chi connectivity index (χ2v) is 7.75. The minimum absolute atomic E-state index is 0.0387. The van der Waals surface area contributed by atoms with Crippen LogP contribution in [0, 0.1) is 6.92 Å². The Balaban J connectivity index is 1.62. The van der Waals surface area contributed by atoms with E-state index in [2.05, 4.69) is 32.1 Å². The van der Waals surface area contributed by atoms with E-state index in [9.17, 15) is 4.79 Å². The van der Waals surface area contributed by atoms with Gasteiger partial charge in [-0.25, -0.2) is 15.0 Å². The maximum Gasteiger partial charge on any atom is 0.263 e. The van der Waals surface area contributed by atoms with Gasteiger partial charge in [0.1, 0.15) is 4.88 Å². The predicted octanol–water partition coefficient (Wildman–Crippen LogP) is 3.29. The number of thiazole rings is 1. The van der Waals surface area contributed by atoms with Crippen LogP contribution in [0.15, 0.2) is 18.5 Å². The standard InChI is InChI=1S/C19H27N5OS/c1-3-4-11-24-12-6-5-8-15(24)13-22-18(25)16-14(2)23-19(26-16)17-20-9-7-10-21-17/h7,9-10,15H,3-6,8,11-13H2,1-2H3,(H,22,25). The molecule has 1 aliphatic rings. The highest BCUT2D eigenvalue weighted by molar-refractivity contribution is 7.17. The first-order chi connectivity index (χ1) is 12.7. The first-order valence-electron chi connectivity index (χ1n) is 9.46. The van der Waals surface area contributed by atoms with Crippen LogP contribution in [0.25, 0.3) is 10.8 Å². The smallest absolute Gasteiger partial charge is 0.263 e. The third-order valence-corrected chi connectivity index (χ3v) is 5.96. The minimum Gasteiger partial charge on any atom is -0.350 e. The van der Waals surface area contributed by atoms with Crippen molar-refractivity contribution in [2.75, 3.05) is 19.6 Å². The Kier molecular flexibility index (Phi) is 6.68. The van der Waals surface area contributed by atoms with Crippen LogP contribution in [0.2, 0.25) is 0 Å². The maximum atomic E-state index is 12.7. The summed E-state index contributed by atoms with van der Waals surface area (Å²) in [5, 5.41) is 3.82. The molecule has 0 aromatic carbocycles. The summed E-state index contributed by atoms with van der Waals surface area (Å²) in [6.07, 6.45) is 9.48. The van der Waals surface area contributed by atoms with Gasteiger partial charge in [0.25, 0.3) is 5.91 Å². The Labute approximate surface area is 159 Å². The van der Waals surface area contributed by atoms with Gasteiger partial charge in [-0.1, -0.05) is 19.8 Å². The van der Waals surface area contributed by atoms with Crippen LogP contribution in [0.5, 0.6) is 0 Å². The molecule has 0 spiro atoms. The summed E-state index contributed by atoms with van der Waals surface area (Å²) in [5.74, 6) is 0.529. The monoisotopic (exact) mass is 373 g/mol. The molecule has 2 aromatic heterocycles. The van der Waals surface area contributed by atoms with Gasteiger partial charge >= 0.3 is 0 Å². The summed E-state index contributed by atoms with van der Waals surface area (Å²) < 4.78 is 0. The number of nitrogens with one attached hydrogen (secondary N) is 1. The number of unbranched alkanes of at least 4 members (excludes halogenated alkanes) is 1. The van der Waals surface area contributed by atoms with Crippen LogP contribution in [-0.4, -0.2) is 51.4 Å². The molecule has 1 fully saturated rings. The Morgan fingerprint density at radius 2 is 2.15 bits per heavy atom. The molecule has 0 bridgehead atoms. The van der Waals surface area contributed by atoms with Crippen molar-refractivity contribution in [1.82, 2.24) is 25.2 Å². The molecule has 1 aliphatic heterocycles. The second kappa shape index (κ2) is 9.19.